The van der Waals surface area contributed by atoms with E-state index in [4.69, 9.17) is 0 Å². The molecule has 0 spiro atoms. The van der Waals surface area contributed by atoms with E-state index in [1.807, 2.05) is 92.7 Å². The van der Waals surface area contributed by atoms with E-state index < -0.39 is 6.04 Å². The molecule has 26 heavy (non-hydrogen) atoms. The third-order valence-corrected chi connectivity index (χ3v) is 4.14. The molecule has 3 aromatic carbocycles. The zero-order valence-electron chi connectivity index (χ0n) is 15.0. The minimum atomic E-state index is -0.505. The highest BCUT2D eigenvalue weighted by molar-refractivity contribution is 6.02. The van der Waals surface area contributed by atoms with Gasteiger partial charge in [0.1, 0.15) is 6.04 Å². The van der Waals surface area contributed by atoms with E-state index >= 15 is 0 Å². The predicted octanol–water partition coefficient (Wildman–Crippen LogP) is 5.08. The van der Waals surface area contributed by atoms with E-state index in [2.05, 4.69) is 17.2 Å². The molecule has 0 saturated carbocycles. The van der Waals surface area contributed by atoms with Gasteiger partial charge in [-0.15, -0.1) is 0 Å². The van der Waals surface area contributed by atoms with Crippen LogP contribution in [0, 0.1) is 25.7 Å². The van der Waals surface area contributed by atoms with E-state index in [-0.39, 0.29) is 5.78 Å². The van der Waals surface area contributed by atoms with Crippen LogP contribution in [-0.4, -0.2) is 5.78 Å². The maximum atomic E-state index is 12.8. The minimum Gasteiger partial charge on any atom is -0.371 e. The number of Topliss-reactive ketones (excluding diaryl/α,β-unsaturated/α-hetero) is 1. The number of hydrogen-bond donors (Lipinski definition) is 1. The number of nitrogens with one attached hydrogen (secondary N) is 1. The molecular weight excluding hydrogens is 318 g/mol. The molecule has 2 nitrogen and oxygen atoms in total. The van der Waals surface area contributed by atoms with Crippen molar-refractivity contribution in [2.24, 2.45) is 0 Å². The number of ketones is 1. The zero-order valence-corrected chi connectivity index (χ0v) is 15.0. The molecule has 1 unspecified atom stereocenters. The van der Waals surface area contributed by atoms with Crippen molar-refractivity contribution in [1.82, 2.24) is 0 Å². The van der Waals surface area contributed by atoms with Gasteiger partial charge in [-0.05, 0) is 49.6 Å². The Balaban J connectivity index is 1.89. The summed E-state index contributed by atoms with van der Waals surface area (Å²) in [6.07, 6.45) is 0. The van der Waals surface area contributed by atoms with Crippen molar-refractivity contribution < 1.29 is 4.79 Å². The molecule has 0 heterocycles. The molecule has 0 aliphatic carbocycles. The van der Waals surface area contributed by atoms with Crippen molar-refractivity contribution in [1.29, 1.82) is 0 Å². The van der Waals surface area contributed by atoms with Crippen LogP contribution in [0.25, 0.3) is 0 Å². The summed E-state index contributed by atoms with van der Waals surface area (Å²) in [5.74, 6) is 5.60. The van der Waals surface area contributed by atoms with E-state index in [1.54, 1.807) is 0 Å². The lowest BCUT2D eigenvalue weighted by Gasteiger charge is -2.17. The van der Waals surface area contributed by atoms with Gasteiger partial charge in [-0.2, -0.15) is 0 Å². The first kappa shape index (κ1) is 17.5. The van der Waals surface area contributed by atoms with Gasteiger partial charge in [-0.1, -0.05) is 71.6 Å². The van der Waals surface area contributed by atoms with Crippen LogP contribution in [0.2, 0.25) is 0 Å². The first-order valence-corrected chi connectivity index (χ1v) is 8.62. The standard InChI is InChI=1S/C24H21NO/c1-18-8-13-21(14-9-18)24(25-22-15-10-19(2)11-16-22)23(26)17-12-20-6-4-3-5-7-20/h3-11,13-16,24-25H,1-2H3. The third-order valence-electron chi connectivity index (χ3n) is 4.14. The van der Waals surface area contributed by atoms with E-state index in [9.17, 15) is 4.79 Å². The van der Waals surface area contributed by atoms with E-state index in [0.29, 0.717) is 0 Å². The van der Waals surface area contributed by atoms with Crippen molar-refractivity contribution in [3.63, 3.8) is 0 Å². The second-order valence-electron chi connectivity index (χ2n) is 6.33. The van der Waals surface area contributed by atoms with Gasteiger partial charge >= 0.3 is 0 Å². The first-order chi connectivity index (χ1) is 12.6. The van der Waals surface area contributed by atoms with Crippen LogP contribution in [0.5, 0.6) is 0 Å². The van der Waals surface area contributed by atoms with Gasteiger partial charge in [-0.3, -0.25) is 4.79 Å². The molecule has 3 rings (SSSR count). The Morgan fingerprint density at radius 1 is 0.808 bits per heavy atom. The Morgan fingerprint density at radius 3 is 2.00 bits per heavy atom. The lowest BCUT2D eigenvalue weighted by Crippen LogP contribution is -2.19. The second-order valence-corrected chi connectivity index (χ2v) is 6.33. The number of rotatable bonds is 4. The number of anilines is 1. The summed E-state index contributed by atoms with van der Waals surface area (Å²) in [6.45, 7) is 4.07. The molecule has 128 valence electrons. The van der Waals surface area contributed by atoms with Crippen molar-refractivity contribution in [3.8, 4) is 11.8 Å². The molecule has 0 radical (unpaired) electrons. The fourth-order valence-corrected chi connectivity index (χ4v) is 2.60. The number of hydrogen-bond acceptors (Lipinski definition) is 2. The molecule has 0 saturated heterocycles. The molecule has 0 aliphatic heterocycles. The molecule has 1 atom stereocenters. The highest BCUT2D eigenvalue weighted by Gasteiger charge is 2.18. The number of carbonyl (C=O) groups excluding carboxylic acids is 1. The average Bonchev–Trinajstić information content (AvgIpc) is 2.67. The number of carbonyl (C=O) groups is 1. The maximum absolute atomic E-state index is 12.8. The van der Waals surface area contributed by atoms with Crippen LogP contribution in [0.1, 0.15) is 28.3 Å². The Bertz CT molecular complexity index is 930. The summed E-state index contributed by atoms with van der Waals surface area (Å²) in [5, 5.41) is 3.33. The SMILES string of the molecule is Cc1ccc(NC(C(=O)C#Cc2ccccc2)c2ccc(C)cc2)cc1. The Hall–Kier alpha value is -3.31. The van der Waals surface area contributed by atoms with Crippen LogP contribution in [-0.2, 0) is 4.79 Å². The molecule has 3 aromatic rings. The van der Waals surface area contributed by atoms with E-state index in [0.717, 1.165) is 22.4 Å². The zero-order chi connectivity index (χ0) is 18.4. The highest BCUT2D eigenvalue weighted by Crippen LogP contribution is 2.21. The van der Waals surface area contributed by atoms with Crippen molar-refractivity contribution in [2.75, 3.05) is 5.32 Å². The Morgan fingerprint density at radius 2 is 1.38 bits per heavy atom. The van der Waals surface area contributed by atoms with Gasteiger partial charge < -0.3 is 5.32 Å². The smallest absolute Gasteiger partial charge is 0.232 e. The van der Waals surface area contributed by atoms with Gasteiger partial charge in [-0.25, -0.2) is 0 Å². The quantitative estimate of drug-likeness (QED) is 0.672. The predicted molar refractivity (Wildman–Crippen MR) is 107 cm³/mol. The topological polar surface area (TPSA) is 29.1 Å². The van der Waals surface area contributed by atoms with Crippen LogP contribution < -0.4 is 5.32 Å². The van der Waals surface area contributed by atoms with Crippen molar-refractivity contribution in [3.05, 3.63) is 101 Å². The molecule has 0 fully saturated rings. The monoisotopic (exact) mass is 339 g/mol. The summed E-state index contributed by atoms with van der Waals surface area (Å²) in [7, 11) is 0. The lowest BCUT2D eigenvalue weighted by atomic mass is 10.0. The molecule has 0 aliphatic rings. The van der Waals surface area contributed by atoms with Gasteiger partial charge in [0.05, 0.1) is 0 Å². The number of benzene rings is 3. The fourth-order valence-electron chi connectivity index (χ4n) is 2.60. The number of aryl methyl sites for hydroxylation is 2. The molecule has 0 amide bonds. The summed E-state index contributed by atoms with van der Waals surface area (Å²) in [4.78, 5) is 12.8. The first-order valence-electron chi connectivity index (χ1n) is 8.62. The van der Waals surface area contributed by atoms with Crippen LogP contribution in [0.4, 0.5) is 5.69 Å². The largest absolute Gasteiger partial charge is 0.371 e. The van der Waals surface area contributed by atoms with Crippen molar-refractivity contribution >= 4 is 11.5 Å². The van der Waals surface area contributed by atoms with Gasteiger partial charge in [0.25, 0.3) is 0 Å². The maximum Gasteiger partial charge on any atom is 0.232 e. The van der Waals surface area contributed by atoms with Crippen LogP contribution in [0.3, 0.4) is 0 Å². The van der Waals surface area contributed by atoms with Gasteiger partial charge in [0, 0.05) is 11.3 Å². The summed E-state index contributed by atoms with van der Waals surface area (Å²) < 4.78 is 0. The summed E-state index contributed by atoms with van der Waals surface area (Å²) >= 11 is 0. The van der Waals surface area contributed by atoms with Gasteiger partial charge in [0.2, 0.25) is 5.78 Å². The second kappa shape index (κ2) is 8.18. The summed E-state index contributed by atoms with van der Waals surface area (Å²) in [6, 6.07) is 25.0. The fraction of sp³-hybridized carbons (Fsp3) is 0.125. The van der Waals surface area contributed by atoms with Gasteiger partial charge in [0.15, 0.2) is 0 Å². The molecular formula is C24H21NO. The minimum absolute atomic E-state index is 0.154. The normalized spacial score (nSPS) is 11.2. The van der Waals surface area contributed by atoms with E-state index in [1.165, 1.54) is 5.56 Å². The molecule has 1 N–H and O–H groups in total. The molecule has 0 aromatic heterocycles. The van der Waals surface area contributed by atoms with Crippen molar-refractivity contribution in [2.45, 2.75) is 19.9 Å². The highest BCUT2D eigenvalue weighted by atomic mass is 16.1. The average molecular weight is 339 g/mol. The molecule has 2 heteroatoms. The lowest BCUT2D eigenvalue weighted by molar-refractivity contribution is -0.114. The Kier molecular flexibility index (Phi) is 5.51. The summed E-state index contributed by atoms with van der Waals surface area (Å²) in [5.41, 5.74) is 4.97. The van der Waals surface area contributed by atoms with Crippen LogP contribution in [0.15, 0.2) is 78.9 Å². The third kappa shape index (κ3) is 4.62. The Labute approximate surface area is 154 Å². The van der Waals surface area contributed by atoms with Crippen LogP contribution >= 0.6 is 0 Å². The molecule has 0 bridgehead atoms.